The van der Waals surface area contributed by atoms with Crippen LogP contribution in [-0.2, 0) is 14.3 Å². The number of ether oxygens (including phenoxy) is 2. The van der Waals surface area contributed by atoms with Gasteiger partial charge in [-0.05, 0) is 24.5 Å². The monoisotopic (exact) mass is 289 g/mol. The SMILES string of the molecule is COCCOC1CCN(C(=O)/C=C/c2ccccc2)CC1. The third-order valence-electron chi connectivity index (χ3n) is 3.61. The van der Waals surface area contributed by atoms with Crippen molar-refractivity contribution in [3.05, 3.63) is 42.0 Å². The van der Waals surface area contributed by atoms with Crippen molar-refractivity contribution >= 4 is 12.0 Å². The lowest BCUT2D eigenvalue weighted by atomic mass is 10.1. The number of hydrogen-bond acceptors (Lipinski definition) is 3. The van der Waals surface area contributed by atoms with Crippen molar-refractivity contribution in [3.63, 3.8) is 0 Å². The van der Waals surface area contributed by atoms with Gasteiger partial charge >= 0.3 is 0 Å². The molecular formula is C17H23NO3. The Balaban J connectivity index is 1.74. The van der Waals surface area contributed by atoms with E-state index in [0.29, 0.717) is 13.2 Å². The fourth-order valence-electron chi connectivity index (χ4n) is 2.38. The van der Waals surface area contributed by atoms with Crippen LogP contribution < -0.4 is 0 Å². The first-order chi connectivity index (χ1) is 10.3. The van der Waals surface area contributed by atoms with Crippen molar-refractivity contribution in [2.75, 3.05) is 33.4 Å². The van der Waals surface area contributed by atoms with E-state index in [1.165, 1.54) is 0 Å². The Morgan fingerprint density at radius 1 is 1.24 bits per heavy atom. The van der Waals surface area contributed by atoms with Crippen LogP contribution in [0, 0.1) is 0 Å². The van der Waals surface area contributed by atoms with Crippen LogP contribution in [0.5, 0.6) is 0 Å². The molecule has 0 atom stereocenters. The highest BCUT2D eigenvalue weighted by Crippen LogP contribution is 2.14. The van der Waals surface area contributed by atoms with E-state index in [1.54, 1.807) is 13.2 Å². The number of benzene rings is 1. The first-order valence-corrected chi connectivity index (χ1v) is 7.42. The molecule has 21 heavy (non-hydrogen) atoms. The number of amides is 1. The number of methoxy groups -OCH3 is 1. The topological polar surface area (TPSA) is 38.8 Å². The Bertz CT molecular complexity index is 450. The summed E-state index contributed by atoms with van der Waals surface area (Å²) in [5.74, 6) is 0.0780. The highest BCUT2D eigenvalue weighted by molar-refractivity contribution is 5.91. The van der Waals surface area contributed by atoms with Gasteiger partial charge in [0, 0.05) is 26.3 Å². The van der Waals surface area contributed by atoms with Crippen molar-refractivity contribution in [2.45, 2.75) is 18.9 Å². The van der Waals surface area contributed by atoms with Gasteiger partial charge in [-0.3, -0.25) is 4.79 Å². The highest BCUT2D eigenvalue weighted by atomic mass is 16.5. The van der Waals surface area contributed by atoms with Gasteiger partial charge in [0.1, 0.15) is 0 Å². The zero-order valence-electron chi connectivity index (χ0n) is 12.5. The van der Waals surface area contributed by atoms with Gasteiger partial charge in [-0.15, -0.1) is 0 Å². The molecule has 0 aromatic heterocycles. The van der Waals surface area contributed by atoms with Crippen molar-refractivity contribution < 1.29 is 14.3 Å². The van der Waals surface area contributed by atoms with Crippen LogP contribution in [0.4, 0.5) is 0 Å². The minimum absolute atomic E-state index is 0.0780. The van der Waals surface area contributed by atoms with Crippen molar-refractivity contribution in [2.24, 2.45) is 0 Å². The van der Waals surface area contributed by atoms with Crippen LogP contribution in [0.25, 0.3) is 6.08 Å². The van der Waals surface area contributed by atoms with Crippen LogP contribution in [-0.4, -0.2) is 50.3 Å². The first-order valence-electron chi connectivity index (χ1n) is 7.42. The Morgan fingerprint density at radius 3 is 2.62 bits per heavy atom. The minimum Gasteiger partial charge on any atom is -0.382 e. The second-order valence-electron chi connectivity index (χ2n) is 5.13. The lowest BCUT2D eigenvalue weighted by Crippen LogP contribution is -2.40. The Labute approximate surface area is 126 Å². The summed E-state index contributed by atoms with van der Waals surface area (Å²) < 4.78 is 10.7. The van der Waals surface area contributed by atoms with Crippen LogP contribution in [0.2, 0.25) is 0 Å². The molecule has 2 rings (SSSR count). The largest absolute Gasteiger partial charge is 0.382 e. The zero-order chi connectivity index (χ0) is 14.9. The smallest absolute Gasteiger partial charge is 0.246 e. The average Bonchev–Trinajstić information content (AvgIpc) is 2.54. The molecule has 1 amide bonds. The van der Waals surface area contributed by atoms with E-state index in [1.807, 2.05) is 41.3 Å². The summed E-state index contributed by atoms with van der Waals surface area (Å²) in [5.41, 5.74) is 1.05. The Kier molecular flexibility index (Phi) is 6.44. The second kappa shape index (κ2) is 8.60. The molecule has 0 N–H and O–H groups in total. The van der Waals surface area contributed by atoms with Gasteiger partial charge in [-0.1, -0.05) is 30.3 Å². The fraction of sp³-hybridized carbons (Fsp3) is 0.471. The first kappa shape index (κ1) is 15.7. The summed E-state index contributed by atoms with van der Waals surface area (Å²) in [7, 11) is 1.67. The Hall–Kier alpha value is -1.65. The van der Waals surface area contributed by atoms with Gasteiger partial charge < -0.3 is 14.4 Å². The summed E-state index contributed by atoms with van der Waals surface area (Å²) in [5, 5.41) is 0. The number of hydrogen-bond donors (Lipinski definition) is 0. The number of nitrogens with zero attached hydrogens (tertiary/aromatic N) is 1. The number of rotatable bonds is 6. The molecule has 1 aliphatic rings. The summed E-state index contributed by atoms with van der Waals surface area (Å²) in [4.78, 5) is 14.0. The van der Waals surface area contributed by atoms with Crippen molar-refractivity contribution in [1.29, 1.82) is 0 Å². The Morgan fingerprint density at radius 2 is 1.95 bits per heavy atom. The molecule has 0 spiro atoms. The van der Waals surface area contributed by atoms with Crippen LogP contribution in [0.1, 0.15) is 18.4 Å². The van der Waals surface area contributed by atoms with Crippen molar-refractivity contribution in [1.82, 2.24) is 4.90 Å². The molecule has 4 nitrogen and oxygen atoms in total. The fourth-order valence-corrected chi connectivity index (χ4v) is 2.38. The van der Waals surface area contributed by atoms with Crippen LogP contribution in [0.15, 0.2) is 36.4 Å². The van der Waals surface area contributed by atoms with Gasteiger partial charge in [-0.2, -0.15) is 0 Å². The standard InChI is InChI=1S/C17H23NO3/c1-20-13-14-21-16-9-11-18(12-10-16)17(19)8-7-15-5-3-2-4-6-15/h2-8,16H,9-14H2,1H3/b8-7+. The lowest BCUT2D eigenvalue weighted by Gasteiger charge is -2.31. The molecule has 1 aliphatic heterocycles. The zero-order valence-corrected chi connectivity index (χ0v) is 12.5. The summed E-state index contributed by atoms with van der Waals surface area (Å²) >= 11 is 0. The number of carbonyl (C=O) groups excluding carboxylic acids is 1. The van der Waals surface area contributed by atoms with Gasteiger partial charge in [-0.25, -0.2) is 0 Å². The number of likely N-dealkylation sites (tertiary alicyclic amines) is 1. The summed E-state index contributed by atoms with van der Waals surface area (Å²) in [6.07, 6.45) is 5.57. The molecular weight excluding hydrogens is 266 g/mol. The average molecular weight is 289 g/mol. The molecule has 0 aliphatic carbocycles. The normalized spacial score (nSPS) is 16.5. The third-order valence-corrected chi connectivity index (χ3v) is 3.61. The van der Waals surface area contributed by atoms with E-state index < -0.39 is 0 Å². The highest BCUT2D eigenvalue weighted by Gasteiger charge is 2.21. The lowest BCUT2D eigenvalue weighted by molar-refractivity contribution is -0.128. The maximum atomic E-state index is 12.1. The van der Waals surface area contributed by atoms with Gasteiger partial charge in [0.05, 0.1) is 19.3 Å². The third kappa shape index (κ3) is 5.33. The molecule has 0 radical (unpaired) electrons. The predicted octanol–water partition coefficient (Wildman–Crippen LogP) is 2.35. The molecule has 1 aromatic rings. The van der Waals surface area contributed by atoms with E-state index >= 15 is 0 Å². The molecule has 4 heteroatoms. The van der Waals surface area contributed by atoms with E-state index in [4.69, 9.17) is 9.47 Å². The summed E-state index contributed by atoms with van der Waals surface area (Å²) in [6.45, 7) is 2.77. The van der Waals surface area contributed by atoms with Crippen LogP contribution in [0.3, 0.4) is 0 Å². The number of carbonyl (C=O) groups is 1. The van der Waals surface area contributed by atoms with Gasteiger partial charge in [0.15, 0.2) is 0 Å². The van der Waals surface area contributed by atoms with E-state index in [-0.39, 0.29) is 12.0 Å². The quantitative estimate of drug-likeness (QED) is 0.596. The van der Waals surface area contributed by atoms with E-state index in [9.17, 15) is 4.79 Å². The molecule has 1 fully saturated rings. The molecule has 0 unspecified atom stereocenters. The second-order valence-corrected chi connectivity index (χ2v) is 5.13. The maximum absolute atomic E-state index is 12.1. The maximum Gasteiger partial charge on any atom is 0.246 e. The van der Waals surface area contributed by atoms with E-state index in [2.05, 4.69) is 0 Å². The van der Waals surface area contributed by atoms with Gasteiger partial charge in [0.25, 0.3) is 0 Å². The number of piperidine rings is 1. The minimum atomic E-state index is 0.0780. The van der Waals surface area contributed by atoms with Crippen LogP contribution >= 0.6 is 0 Å². The summed E-state index contributed by atoms with van der Waals surface area (Å²) in [6, 6.07) is 9.87. The van der Waals surface area contributed by atoms with Crippen molar-refractivity contribution in [3.8, 4) is 0 Å². The molecule has 0 bridgehead atoms. The van der Waals surface area contributed by atoms with E-state index in [0.717, 1.165) is 31.5 Å². The molecule has 1 saturated heterocycles. The molecule has 1 aromatic carbocycles. The molecule has 1 heterocycles. The van der Waals surface area contributed by atoms with Gasteiger partial charge in [0.2, 0.25) is 5.91 Å². The predicted molar refractivity (Wildman–Crippen MR) is 82.9 cm³/mol. The molecule has 114 valence electrons. The molecule has 0 saturated carbocycles.